The van der Waals surface area contributed by atoms with E-state index in [9.17, 15) is 4.79 Å². The summed E-state index contributed by atoms with van der Waals surface area (Å²) in [7, 11) is 0. The van der Waals surface area contributed by atoms with Gasteiger partial charge in [-0.3, -0.25) is 4.79 Å². The average molecular weight is 236 g/mol. The summed E-state index contributed by atoms with van der Waals surface area (Å²) in [6.45, 7) is 1.99. The summed E-state index contributed by atoms with van der Waals surface area (Å²) < 4.78 is 0. The predicted molar refractivity (Wildman–Crippen MR) is 66.9 cm³/mol. The molecule has 0 bridgehead atoms. The number of amides is 1. The molecule has 2 unspecified atom stereocenters. The maximum atomic E-state index is 11.8. The standard InChI is InChI=1S/C12H16N2OS/c1-3-6-9(4-2)14-12(15)11(13)10-7-5-8-16-10/h1,5,7-9,11H,4,6,13H2,2H3,(H,14,15). The third kappa shape index (κ3) is 3.37. The lowest BCUT2D eigenvalue weighted by atomic mass is 10.1. The molecular weight excluding hydrogens is 220 g/mol. The van der Waals surface area contributed by atoms with E-state index in [0.717, 1.165) is 11.3 Å². The van der Waals surface area contributed by atoms with Gasteiger partial charge < -0.3 is 11.1 Å². The summed E-state index contributed by atoms with van der Waals surface area (Å²) in [5, 5.41) is 4.76. The van der Waals surface area contributed by atoms with Gasteiger partial charge in [-0.1, -0.05) is 13.0 Å². The van der Waals surface area contributed by atoms with Crippen LogP contribution in [0.4, 0.5) is 0 Å². The van der Waals surface area contributed by atoms with Crippen molar-refractivity contribution in [2.24, 2.45) is 5.73 Å². The molecule has 86 valence electrons. The minimum Gasteiger partial charge on any atom is -0.351 e. The molecule has 0 saturated heterocycles. The van der Waals surface area contributed by atoms with Gasteiger partial charge in [0.1, 0.15) is 6.04 Å². The van der Waals surface area contributed by atoms with Crippen molar-refractivity contribution in [1.29, 1.82) is 0 Å². The topological polar surface area (TPSA) is 55.1 Å². The molecule has 0 spiro atoms. The van der Waals surface area contributed by atoms with E-state index in [-0.39, 0.29) is 11.9 Å². The second-order valence-corrected chi connectivity index (χ2v) is 4.49. The predicted octanol–water partition coefficient (Wildman–Crippen LogP) is 1.67. The molecule has 3 nitrogen and oxygen atoms in total. The molecule has 1 amide bonds. The number of hydrogen-bond acceptors (Lipinski definition) is 3. The van der Waals surface area contributed by atoms with Crippen LogP contribution in [-0.4, -0.2) is 11.9 Å². The van der Waals surface area contributed by atoms with Crippen molar-refractivity contribution in [2.75, 3.05) is 0 Å². The largest absolute Gasteiger partial charge is 0.351 e. The van der Waals surface area contributed by atoms with E-state index in [1.807, 2.05) is 24.4 Å². The Bertz CT molecular complexity index is 367. The molecule has 0 aliphatic rings. The fourth-order valence-electron chi connectivity index (χ4n) is 1.33. The molecule has 2 atom stereocenters. The summed E-state index contributed by atoms with van der Waals surface area (Å²) in [4.78, 5) is 12.7. The summed E-state index contributed by atoms with van der Waals surface area (Å²) in [5.74, 6) is 2.38. The van der Waals surface area contributed by atoms with E-state index in [1.54, 1.807) is 0 Å². The number of carbonyl (C=O) groups is 1. The van der Waals surface area contributed by atoms with Crippen molar-refractivity contribution in [2.45, 2.75) is 31.8 Å². The number of nitrogens with one attached hydrogen (secondary N) is 1. The van der Waals surface area contributed by atoms with Crippen LogP contribution >= 0.6 is 11.3 Å². The molecule has 3 N–H and O–H groups in total. The third-order valence-corrected chi connectivity index (χ3v) is 3.29. The highest BCUT2D eigenvalue weighted by atomic mass is 32.1. The molecular formula is C12H16N2OS. The number of terminal acetylenes is 1. The Kier molecular flexibility index (Phi) is 5.03. The van der Waals surface area contributed by atoms with E-state index < -0.39 is 6.04 Å². The van der Waals surface area contributed by atoms with Crippen LogP contribution in [0.2, 0.25) is 0 Å². The molecule has 0 fully saturated rings. The molecule has 1 aromatic heterocycles. The van der Waals surface area contributed by atoms with Crippen molar-refractivity contribution >= 4 is 17.2 Å². The smallest absolute Gasteiger partial charge is 0.242 e. The fraction of sp³-hybridized carbons (Fsp3) is 0.417. The van der Waals surface area contributed by atoms with Crippen LogP contribution in [0.15, 0.2) is 17.5 Å². The first kappa shape index (κ1) is 12.8. The molecule has 1 rings (SSSR count). The van der Waals surface area contributed by atoms with Gasteiger partial charge in [-0.05, 0) is 17.9 Å². The zero-order chi connectivity index (χ0) is 12.0. The normalized spacial score (nSPS) is 13.8. The maximum absolute atomic E-state index is 11.8. The lowest BCUT2D eigenvalue weighted by Gasteiger charge is -2.17. The van der Waals surface area contributed by atoms with Gasteiger partial charge in [0, 0.05) is 17.3 Å². The number of nitrogens with two attached hydrogens (primary N) is 1. The van der Waals surface area contributed by atoms with Crippen LogP contribution in [0.1, 0.15) is 30.7 Å². The van der Waals surface area contributed by atoms with Gasteiger partial charge in [0.15, 0.2) is 0 Å². The van der Waals surface area contributed by atoms with Crippen LogP contribution in [0.25, 0.3) is 0 Å². The minimum atomic E-state index is -0.591. The van der Waals surface area contributed by atoms with Gasteiger partial charge in [0.2, 0.25) is 5.91 Å². The number of hydrogen-bond donors (Lipinski definition) is 2. The molecule has 0 aliphatic heterocycles. The number of rotatable bonds is 5. The summed E-state index contributed by atoms with van der Waals surface area (Å²) in [6.07, 6.45) is 6.57. The van der Waals surface area contributed by atoms with Gasteiger partial charge in [-0.25, -0.2) is 0 Å². The second kappa shape index (κ2) is 6.31. The molecule has 0 radical (unpaired) electrons. The molecule has 1 aromatic rings. The molecule has 1 heterocycles. The van der Waals surface area contributed by atoms with Crippen molar-refractivity contribution in [1.82, 2.24) is 5.32 Å². The van der Waals surface area contributed by atoms with Crippen molar-refractivity contribution in [3.8, 4) is 12.3 Å². The quantitative estimate of drug-likeness (QED) is 0.764. The second-order valence-electron chi connectivity index (χ2n) is 3.52. The summed E-state index contributed by atoms with van der Waals surface area (Å²) >= 11 is 1.48. The molecule has 16 heavy (non-hydrogen) atoms. The van der Waals surface area contributed by atoms with Gasteiger partial charge in [0.05, 0.1) is 0 Å². The van der Waals surface area contributed by atoms with Gasteiger partial charge >= 0.3 is 0 Å². The molecule has 0 aliphatic carbocycles. The van der Waals surface area contributed by atoms with Gasteiger partial charge in [-0.15, -0.1) is 23.7 Å². The van der Waals surface area contributed by atoms with Gasteiger partial charge in [0.25, 0.3) is 0 Å². The first-order valence-electron chi connectivity index (χ1n) is 5.21. The Hall–Kier alpha value is -1.31. The van der Waals surface area contributed by atoms with Crippen molar-refractivity contribution in [3.63, 3.8) is 0 Å². The molecule has 0 aromatic carbocycles. The van der Waals surface area contributed by atoms with Crippen LogP contribution in [-0.2, 0) is 4.79 Å². The van der Waals surface area contributed by atoms with Crippen LogP contribution in [0.3, 0.4) is 0 Å². The van der Waals surface area contributed by atoms with Crippen molar-refractivity contribution in [3.05, 3.63) is 22.4 Å². The maximum Gasteiger partial charge on any atom is 0.242 e. The van der Waals surface area contributed by atoms with Crippen LogP contribution in [0, 0.1) is 12.3 Å². The van der Waals surface area contributed by atoms with Crippen LogP contribution in [0.5, 0.6) is 0 Å². The highest BCUT2D eigenvalue weighted by Crippen LogP contribution is 2.17. The Labute approximate surface area is 100 Å². The van der Waals surface area contributed by atoms with E-state index in [0.29, 0.717) is 6.42 Å². The molecule has 0 saturated carbocycles. The highest BCUT2D eigenvalue weighted by molar-refractivity contribution is 7.10. The van der Waals surface area contributed by atoms with Crippen molar-refractivity contribution < 1.29 is 4.79 Å². The van der Waals surface area contributed by atoms with E-state index >= 15 is 0 Å². The SMILES string of the molecule is C#CCC(CC)NC(=O)C(N)c1cccs1. The number of thiophene rings is 1. The number of carbonyl (C=O) groups excluding carboxylic acids is 1. The Morgan fingerprint density at radius 1 is 1.75 bits per heavy atom. The average Bonchev–Trinajstić information content (AvgIpc) is 2.80. The third-order valence-electron chi connectivity index (χ3n) is 2.34. The van der Waals surface area contributed by atoms with E-state index in [2.05, 4.69) is 11.2 Å². The lowest BCUT2D eigenvalue weighted by Crippen LogP contribution is -2.40. The fourth-order valence-corrected chi connectivity index (χ4v) is 2.05. The first-order valence-corrected chi connectivity index (χ1v) is 6.09. The lowest BCUT2D eigenvalue weighted by molar-refractivity contribution is -0.123. The zero-order valence-electron chi connectivity index (χ0n) is 9.27. The Balaban J connectivity index is 2.55. The Morgan fingerprint density at radius 2 is 2.50 bits per heavy atom. The Morgan fingerprint density at radius 3 is 3.00 bits per heavy atom. The zero-order valence-corrected chi connectivity index (χ0v) is 10.1. The van der Waals surface area contributed by atoms with E-state index in [1.165, 1.54) is 11.3 Å². The van der Waals surface area contributed by atoms with E-state index in [4.69, 9.17) is 12.2 Å². The highest BCUT2D eigenvalue weighted by Gasteiger charge is 2.18. The molecule has 4 heteroatoms. The summed E-state index contributed by atoms with van der Waals surface area (Å²) in [6, 6.07) is 3.17. The van der Waals surface area contributed by atoms with Gasteiger partial charge in [-0.2, -0.15) is 0 Å². The minimum absolute atomic E-state index is 0.0171. The summed E-state index contributed by atoms with van der Waals surface area (Å²) in [5.41, 5.74) is 5.83. The monoisotopic (exact) mass is 236 g/mol. The first-order chi connectivity index (χ1) is 7.69. The van der Waals surface area contributed by atoms with Crippen LogP contribution < -0.4 is 11.1 Å².